The number of ether oxygens (including phenoxy) is 1. The van der Waals surface area contributed by atoms with E-state index in [0.717, 1.165) is 42.8 Å². The molecule has 0 atom stereocenters. The highest BCUT2D eigenvalue weighted by Crippen LogP contribution is 2.23. The van der Waals surface area contributed by atoms with E-state index in [-0.39, 0.29) is 12.5 Å². The molecule has 1 aromatic heterocycles. The second kappa shape index (κ2) is 9.53. The zero-order valence-corrected chi connectivity index (χ0v) is 17.1. The van der Waals surface area contributed by atoms with E-state index in [0.29, 0.717) is 24.9 Å². The topological polar surface area (TPSA) is 58.6 Å². The molecule has 2 aromatic rings. The Hall–Kier alpha value is -2.63. The Balaban J connectivity index is 1.66. The molecule has 6 nitrogen and oxygen atoms in total. The van der Waals surface area contributed by atoms with Crippen LogP contribution in [0.3, 0.4) is 0 Å². The van der Waals surface area contributed by atoms with E-state index < -0.39 is 0 Å². The van der Waals surface area contributed by atoms with Crippen LogP contribution in [0.25, 0.3) is 0 Å². The molecule has 1 saturated heterocycles. The SMILES string of the molecule is CCN(Cc1ccccc1)C(=O)COc1nc(N2CCCCC2)nc(C)c1C. The highest BCUT2D eigenvalue weighted by molar-refractivity contribution is 5.77. The van der Waals surface area contributed by atoms with Gasteiger partial charge in [0.1, 0.15) is 0 Å². The largest absolute Gasteiger partial charge is 0.467 e. The molecular formula is C22H30N4O2. The number of anilines is 1. The molecule has 0 bridgehead atoms. The Bertz CT molecular complexity index is 789. The fraction of sp³-hybridized carbons (Fsp3) is 0.500. The average Bonchev–Trinajstić information content (AvgIpc) is 2.74. The fourth-order valence-corrected chi connectivity index (χ4v) is 3.37. The summed E-state index contributed by atoms with van der Waals surface area (Å²) in [4.78, 5) is 25.9. The molecule has 150 valence electrons. The summed E-state index contributed by atoms with van der Waals surface area (Å²) in [6, 6.07) is 10.0. The van der Waals surface area contributed by atoms with Crippen molar-refractivity contribution in [2.75, 3.05) is 31.1 Å². The number of carbonyl (C=O) groups is 1. The summed E-state index contributed by atoms with van der Waals surface area (Å²) in [6.45, 7) is 9.04. The maximum atomic E-state index is 12.7. The Morgan fingerprint density at radius 2 is 1.82 bits per heavy atom. The van der Waals surface area contributed by atoms with Gasteiger partial charge in [0, 0.05) is 37.4 Å². The average molecular weight is 383 g/mol. The molecular weight excluding hydrogens is 352 g/mol. The lowest BCUT2D eigenvalue weighted by atomic mass is 10.1. The van der Waals surface area contributed by atoms with Gasteiger partial charge in [0.2, 0.25) is 11.8 Å². The number of amides is 1. The molecule has 0 N–H and O–H groups in total. The summed E-state index contributed by atoms with van der Waals surface area (Å²) in [6.07, 6.45) is 3.58. The molecule has 1 aromatic carbocycles. The van der Waals surface area contributed by atoms with Crippen molar-refractivity contribution in [1.82, 2.24) is 14.9 Å². The predicted molar refractivity (Wildman–Crippen MR) is 111 cm³/mol. The van der Waals surface area contributed by atoms with Gasteiger partial charge in [-0.2, -0.15) is 4.98 Å². The molecule has 0 saturated carbocycles. The molecule has 28 heavy (non-hydrogen) atoms. The molecule has 0 spiro atoms. The van der Waals surface area contributed by atoms with Gasteiger partial charge in [-0.25, -0.2) is 4.98 Å². The van der Waals surface area contributed by atoms with Crippen molar-refractivity contribution in [2.24, 2.45) is 0 Å². The third kappa shape index (κ3) is 5.00. The number of hydrogen-bond donors (Lipinski definition) is 0. The summed E-state index contributed by atoms with van der Waals surface area (Å²) in [5.74, 6) is 1.18. The van der Waals surface area contributed by atoms with Crippen LogP contribution >= 0.6 is 0 Å². The van der Waals surface area contributed by atoms with Gasteiger partial charge in [0.05, 0.1) is 0 Å². The summed E-state index contributed by atoms with van der Waals surface area (Å²) < 4.78 is 5.86. The number of aryl methyl sites for hydroxylation is 1. The maximum Gasteiger partial charge on any atom is 0.260 e. The Morgan fingerprint density at radius 3 is 2.50 bits per heavy atom. The van der Waals surface area contributed by atoms with Crippen LogP contribution in [0.1, 0.15) is 43.0 Å². The number of aromatic nitrogens is 2. The van der Waals surface area contributed by atoms with Gasteiger partial charge in [-0.1, -0.05) is 30.3 Å². The fourth-order valence-electron chi connectivity index (χ4n) is 3.37. The normalized spacial score (nSPS) is 14.0. The van der Waals surface area contributed by atoms with Crippen molar-refractivity contribution < 1.29 is 9.53 Å². The van der Waals surface area contributed by atoms with E-state index in [1.165, 1.54) is 6.42 Å². The second-order valence-corrected chi connectivity index (χ2v) is 7.27. The quantitative estimate of drug-likeness (QED) is 0.733. The van der Waals surface area contributed by atoms with E-state index >= 15 is 0 Å². The number of likely N-dealkylation sites (N-methyl/N-ethyl adjacent to an activating group) is 1. The van der Waals surface area contributed by atoms with Crippen LogP contribution in [0.2, 0.25) is 0 Å². The number of carbonyl (C=O) groups excluding carboxylic acids is 1. The first-order valence-corrected chi connectivity index (χ1v) is 10.1. The molecule has 1 amide bonds. The summed E-state index contributed by atoms with van der Waals surface area (Å²) in [7, 11) is 0. The van der Waals surface area contributed by atoms with Crippen LogP contribution in [0.15, 0.2) is 30.3 Å². The van der Waals surface area contributed by atoms with E-state index in [1.807, 2.05) is 51.1 Å². The minimum atomic E-state index is -0.0402. The van der Waals surface area contributed by atoms with E-state index in [1.54, 1.807) is 4.90 Å². The van der Waals surface area contributed by atoms with Crippen LogP contribution in [-0.4, -0.2) is 47.0 Å². The molecule has 0 radical (unpaired) electrons. The van der Waals surface area contributed by atoms with Crippen molar-refractivity contribution in [2.45, 2.75) is 46.6 Å². The van der Waals surface area contributed by atoms with Crippen molar-refractivity contribution in [1.29, 1.82) is 0 Å². The van der Waals surface area contributed by atoms with Crippen LogP contribution in [0.4, 0.5) is 5.95 Å². The highest BCUT2D eigenvalue weighted by Gasteiger charge is 2.19. The molecule has 3 rings (SSSR count). The molecule has 2 heterocycles. The van der Waals surface area contributed by atoms with Gasteiger partial charge in [0.25, 0.3) is 5.91 Å². The zero-order valence-electron chi connectivity index (χ0n) is 17.1. The molecule has 0 unspecified atom stereocenters. The Kier molecular flexibility index (Phi) is 6.85. The lowest BCUT2D eigenvalue weighted by Crippen LogP contribution is -2.34. The van der Waals surface area contributed by atoms with E-state index in [4.69, 9.17) is 4.74 Å². The van der Waals surface area contributed by atoms with Gasteiger partial charge in [-0.3, -0.25) is 4.79 Å². The molecule has 1 aliphatic rings. The van der Waals surface area contributed by atoms with E-state index in [9.17, 15) is 4.79 Å². The number of rotatable bonds is 7. The first-order valence-electron chi connectivity index (χ1n) is 10.1. The van der Waals surface area contributed by atoms with E-state index in [2.05, 4.69) is 14.9 Å². The first-order chi connectivity index (χ1) is 13.6. The second-order valence-electron chi connectivity index (χ2n) is 7.27. The van der Waals surface area contributed by atoms with Crippen LogP contribution in [0, 0.1) is 13.8 Å². The summed E-state index contributed by atoms with van der Waals surface area (Å²) >= 11 is 0. The smallest absolute Gasteiger partial charge is 0.260 e. The lowest BCUT2D eigenvalue weighted by molar-refractivity contribution is -0.133. The van der Waals surface area contributed by atoms with Crippen molar-refractivity contribution in [3.8, 4) is 5.88 Å². The van der Waals surface area contributed by atoms with Crippen LogP contribution in [-0.2, 0) is 11.3 Å². The lowest BCUT2D eigenvalue weighted by Gasteiger charge is -2.27. The Morgan fingerprint density at radius 1 is 1.11 bits per heavy atom. The Labute approximate surface area is 167 Å². The van der Waals surface area contributed by atoms with Crippen molar-refractivity contribution >= 4 is 11.9 Å². The minimum Gasteiger partial charge on any atom is -0.467 e. The maximum absolute atomic E-state index is 12.7. The molecule has 1 aliphatic heterocycles. The predicted octanol–water partition coefficient (Wildman–Crippen LogP) is 3.51. The first kappa shape index (κ1) is 20.1. The minimum absolute atomic E-state index is 0.0165. The number of nitrogens with zero attached hydrogens (tertiary/aromatic N) is 4. The molecule has 1 fully saturated rings. The number of piperidine rings is 1. The third-order valence-corrected chi connectivity index (χ3v) is 5.25. The van der Waals surface area contributed by atoms with Gasteiger partial charge in [-0.15, -0.1) is 0 Å². The summed E-state index contributed by atoms with van der Waals surface area (Å²) in [5, 5.41) is 0. The number of benzene rings is 1. The highest BCUT2D eigenvalue weighted by atomic mass is 16.5. The van der Waals surface area contributed by atoms with Crippen molar-refractivity contribution in [3.05, 3.63) is 47.2 Å². The zero-order chi connectivity index (χ0) is 19.9. The van der Waals surface area contributed by atoms with Gasteiger partial charge >= 0.3 is 0 Å². The van der Waals surface area contributed by atoms with Gasteiger partial charge in [-0.05, 0) is 45.6 Å². The monoisotopic (exact) mass is 382 g/mol. The van der Waals surface area contributed by atoms with Gasteiger partial charge < -0.3 is 14.5 Å². The number of hydrogen-bond acceptors (Lipinski definition) is 5. The molecule has 6 heteroatoms. The van der Waals surface area contributed by atoms with Gasteiger partial charge in [0.15, 0.2) is 6.61 Å². The summed E-state index contributed by atoms with van der Waals surface area (Å²) in [5.41, 5.74) is 2.90. The van der Waals surface area contributed by atoms with Crippen molar-refractivity contribution in [3.63, 3.8) is 0 Å². The van der Waals surface area contributed by atoms with Crippen LogP contribution < -0.4 is 9.64 Å². The standard InChI is InChI=1S/C22H30N4O2/c1-4-25(15-19-11-7-5-8-12-19)20(27)16-28-21-17(2)18(3)23-22(24-21)26-13-9-6-10-14-26/h5,7-8,11-12H,4,6,9-10,13-16H2,1-3H3. The molecule has 0 aliphatic carbocycles. The van der Waals surface area contributed by atoms with Crippen LogP contribution in [0.5, 0.6) is 5.88 Å². The third-order valence-electron chi connectivity index (χ3n) is 5.25.